The molecule has 3 aliphatic rings. The van der Waals surface area contributed by atoms with Gasteiger partial charge in [-0.2, -0.15) is 0 Å². The molecular weight excluding hydrogens is 540 g/mol. The molecule has 0 aliphatic carbocycles. The van der Waals surface area contributed by atoms with Gasteiger partial charge in [-0.05, 0) is 67.6 Å². The molecule has 2 amide bonds. The van der Waals surface area contributed by atoms with E-state index in [2.05, 4.69) is 15.6 Å². The third-order valence-electron chi connectivity index (χ3n) is 8.22. The summed E-state index contributed by atoms with van der Waals surface area (Å²) >= 11 is 0. The van der Waals surface area contributed by atoms with Gasteiger partial charge in [0.2, 0.25) is 0 Å². The largest absolute Gasteiger partial charge is 0.493 e. The maximum Gasteiger partial charge on any atom is 0.255 e. The molecule has 6 rings (SSSR count). The van der Waals surface area contributed by atoms with E-state index in [1.54, 1.807) is 24.4 Å². The Bertz CT molecular complexity index is 1400. The number of benzene rings is 2. The van der Waals surface area contributed by atoms with Gasteiger partial charge < -0.3 is 39.3 Å². The lowest BCUT2D eigenvalue weighted by molar-refractivity contribution is -0.00717. The van der Waals surface area contributed by atoms with E-state index in [0.717, 1.165) is 29.7 Å². The number of carbonyl (C=O) groups is 2. The van der Waals surface area contributed by atoms with Crippen LogP contribution < -0.4 is 20.1 Å². The summed E-state index contributed by atoms with van der Waals surface area (Å²) in [6.07, 6.45) is 4.68. The summed E-state index contributed by atoms with van der Waals surface area (Å²) in [7, 11) is 0. The second kappa shape index (κ2) is 12.5. The van der Waals surface area contributed by atoms with Crippen molar-refractivity contribution in [3.8, 4) is 11.5 Å². The summed E-state index contributed by atoms with van der Waals surface area (Å²) in [6.45, 7) is 4.23. The molecule has 4 atom stereocenters. The standard InChI is InChI=1S/C31H36N4O7/c1-2-40-29-11-20(31(38)35-22-5-6-23(35)16-39-15-22)4-8-26(29)30(37)34-14-28(36)27-10-19-3-7-24(9-21(19)12-33-27)41-17-25-13-32-18-42-25/h3-4,7-9,11,13,18,22-23,27-28,33,36H,2,5-6,10,12,14-17H2,1H3,(H,34,37)/t22?,23?,27-,28?/m0/s1. The van der Waals surface area contributed by atoms with Gasteiger partial charge in [0.25, 0.3) is 11.8 Å². The first kappa shape index (κ1) is 28.2. The molecule has 2 saturated heterocycles. The Morgan fingerprint density at radius 3 is 2.74 bits per heavy atom. The van der Waals surface area contributed by atoms with Crippen LogP contribution in [0.5, 0.6) is 11.5 Å². The van der Waals surface area contributed by atoms with Crippen LogP contribution in [0.25, 0.3) is 0 Å². The van der Waals surface area contributed by atoms with Crippen LogP contribution in [0.3, 0.4) is 0 Å². The lowest BCUT2D eigenvalue weighted by Gasteiger charge is -2.34. The van der Waals surface area contributed by atoms with Crippen LogP contribution in [-0.2, 0) is 24.3 Å². The Morgan fingerprint density at radius 2 is 1.98 bits per heavy atom. The lowest BCUT2D eigenvalue weighted by Crippen LogP contribution is -2.49. The molecule has 2 bridgehead atoms. The molecule has 11 nitrogen and oxygen atoms in total. The molecule has 2 fully saturated rings. The Balaban J connectivity index is 1.05. The van der Waals surface area contributed by atoms with Crippen molar-refractivity contribution in [3.05, 3.63) is 77.0 Å². The van der Waals surface area contributed by atoms with E-state index in [4.69, 9.17) is 18.6 Å². The number of nitrogens with one attached hydrogen (secondary N) is 2. The highest BCUT2D eigenvalue weighted by molar-refractivity contribution is 6.00. The molecule has 0 spiro atoms. The zero-order valence-electron chi connectivity index (χ0n) is 23.6. The number of amides is 2. The van der Waals surface area contributed by atoms with E-state index >= 15 is 0 Å². The van der Waals surface area contributed by atoms with E-state index in [0.29, 0.717) is 62.0 Å². The van der Waals surface area contributed by atoms with Gasteiger partial charge in [-0.3, -0.25) is 9.59 Å². The topological polar surface area (TPSA) is 135 Å². The van der Waals surface area contributed by atoms with Gasteiger partial charge in [0.15, 0.2) is 12.2 Å². The fraction of sp³-hybridized carbons (Fsp3) is 0.452. The first-order chi connectivity index (χ1) is 20.5. The van der Waals surface area contributed by atoms with Gasteiger partial charge in [0.1, 0.15) is 18.1 Å². The molecule has 2 aromatic carbocycles. The maximum absolute atomic E-state index is 13.3. The molecule has 222 valence electrons. The minimum atomic E-state index is -0.808. The average Bonchev–Trinajstić information content (AvgIpc) is 3.63. The highest BCUT2D eigenvalue weighted by atomic mass is 16.5. The summed E-state index contributed by atoms with van der Waals surface area (Å²) in [5.74, 6) is 1.29. The Morgan fingerprint density at radius 1 is 1.14 bits per heavy atom. The highest BCUT2D eigenvalue weighted by Crippen LogP contribution is 2.32. The third-order valence-corrected chi connectivity index (χ3v) is 8.22. The predicted octanol–water partition coefficient (Wildman–Crippen LogP) is 2.46. The number of nitrogens with zero attached hydrogens (tertiary/aromatic N) is 2. The first-order valence-corrected chi connectivity index (χ1v) is 14.5. The number of oxazole rings is 1. The van der Waals surface area contributed by atoms with Crippen molar-refractivity contribution in [2.75, 3.05) is 26.4 Å². The summed E-state index contributed by atoms with van der Waals surface area (Å²) in [4.78, 5) is 32.3. The van der Waals surface area contributed by atoms with Crippen molar-refractivity contribution >= 4 is 11.8 Å². The number of aromatic nitrogens is 1. The smallest absolute Gasteiger partial charge is 0.255 e. The number of hydrogen-bond acceptors (Lipinski definition) is 9. The number of fused-ring (bicyclic) bond motifs is 3. The fourth-order valence-electron chi connectivity index (χ4n) is 6.01. The van der Waals surface area contributed by atoms with Crippen LogP contribution >= 0.6 is 0 Å². The summed E-state index contributed by atoms with van der Waals surface area (Å²) in [6, 6.07) is 10.8. The van der Waals surface area contributed by atoms with Crippen LogP contribution in [-0.4, -0.2) is 77.4 Å². The molecule has 0 radical (unpaired) electrons. The van der Waals surface area contributed by atoms with Gasteiger partial charge >= 0.3 is 0 Å². The lowest BCUT2D eigenvalue weighted by atomic mass is 9.92. The normalized spacial score (nSPS) is 21.9. The van der Waals surface area contributed by atoms with Crippen molar-refractivity contribution in [1.82, 2.24) is 20.5 Å². The van der Waals surface area contributed by atoms with E-state index in [9.17, 15) is 14.7 Å². The predicted molar refractivity (Wildman–Crippen MR) is 151 cm³/mol. The molecule has 3 unspecified atom stereocenters. The number of aliphatic hydroxyl groups excluding tert-OH is 1. The molecule has 4 heterocycles. The summed E-state index contributed by atoms with van der Waals surface area (Å²) in [5.41, 5.74) is 3.03. The van der Waals surface area contributed by atoms with Gasteiger partial charge in [-0.25, -0.2) is 4.98 Å². The molecule has 1 aromatic heterocycles. The number of carbonyl (C=O) groups excluding carboxylic acids is 2. The minimum absolute atomic E-state index is 0.0631. The number of rotatable bonds is 10. The Labute approximate surface area is 244 Å². The van der Waals surface area contributed by atoms with E-state index < -0.39 is 6.10 Å². The molecule has 3 N–H and O–H groups in total. The van der Waals surface area contributed by atoms with Gasteiger partial charge in [0, 0.05) is 24.7 Å². The quantitative estimate of drug-likeness (QED) is 0.333. The zero-order chi connectivity index (χ0) is 29.1. The van der Waals surface area contributed by atoms with Crippen LogP contribution in [0.4, 0.5) is 0 Å². The third kappa shape index (κ3) is 5.99. The van der Waals surface area contributed by atoms with Crippen LogP contribution in [0, 0.1) is 0 Å². The van der Waals surface area contributed by atoms with E-state index in [-0.39, 0.29) is 36.5 Å². The van der Waals surface area contributed by atoms with Crippen molar-refractivity contribution in [3.63, 3.8) is 0 Å². The van der Waals surface area contributed by atoms with Crippen molar-refractivity contribution in [1.29, 1.82) is 0 Å². The van der Waals surface area contributed by atoms with Gasteiger partial charge in [-0.15, -0.1) is 0 Å². The number of morpholine rings is 1. The average molecular weight is 577 g/mol. The van der Waals surface area contributed by atoms with Crippen LogP contribution in [0.15, 0.2) is 53.4 Å². The SMILES string of the molecule is CCOc1cc(C(=O)N2C3CCC2COC3)ccc1C(=O)NCC(O)[C@@H]1Cc2ccc(OCc3cnco3)cc2CN1. The van der Waals surface area contributed by atoms with Crippen molar-refractivity contribution < 1.29 is 33.3 Å². The number of aliphatic hydroxyl groups is 1. The maximum atomic E-state index is 13.3. The monoisotopic (exact) mass is 576 g/mol. The second-order valence-corrected chi connectivity index (χ2v) is 10.9. The van der Waals surface area contributed by atoms with E-state index in [1.807, 2.05) is 30.0 Å². The summed E-state index contributed by atoms with van der Waals surface area (Å²) in [5, 5.41) is 17.1. The molecule has 0 saturated carbocycles. The highest BCUT2D eigenvalue weighted by Gasteiger charge is 2.40. The molecule has 42 heavy (non-hydrogen) atoms. The van der Waals surface area contributed by atoms with Gasteiger partial charge in [0.05, 0.1) is 49.8 Å². The van der Waals surface area contributed by atoms with Crippen LogP contribution in [0.1, 0.15) is 57.4 Å². The summed E-state index contributed by atoms with van der Waals surface area (Å²) < 4.78 is 22.4. The first-order valence-electron chi connectivity index (χ1n) is 14.5. The Kier molecular flexibility index (Phi) is 8.41. The molecular formula is C31H36N4O7. The minimum Gasteiger partial charge on any atom is -0.493 e. The van der Waals surface area contributed by atoms with Gasteiger partial charge in [-0.1, -0.05) is 6.07 Å². The molecule has 3 aliphatic heterocycles. The van der Waals surface area contributed by atoms with E-state index in [1.165, 1.54) is 6.39 Å². The second-order valence-electron chi connectivity index (χ2n) is 10.9. The zero-order valence-corrected chi connectivity index (χ0v) is 23.6. The Hall–Kier alpha value is -3.93. The number of ether oxygens (including phenoxy) is 3. The fourth-order valence-corrected chi connectivity index (χ4v) is 6.01. The number of hydrogen-bond donors (Lipinski definition) is 3. The van der Waals surface area contributed by atoms with Crippen molar-refractivity contribution in [2.24, 2.45) is 0 Å². The van der Waals surface area contributed by atoms with Crippen molar-refractivity contribution in [2.45, 2.75) is 63.6 Å². The molecule has 11 heteroatoms. The molecule has 3 aromatic rings. The van der Waals surface area contributed by atoms with Crippen LogP contribution in [0.2, 0.25) is 0 Å².